The highest BCUT2D eigenvalue weighted by Crippen LogP contribution is 2.31. The highest BCUT2D eigenvalue weighted by Gasteiger charge is 2.22. The van der Waals surface area contributed by atoms with Gasteiger partial charge in [-0.2, -0.15) is 8.42 Å². The van der Waals surface area contributed by atoms with Gasteiger partial charge < -0.3 is 20.4 Å². The number of carbonyl (C=O) groups is 1. The van der Waals surface area contributed by atoms with Gasteiger partial charge in [0.05, 0.1) is 12.8 Å². The molecule has 0 unspecified atom stereocenters. The second-order valence-electron chi connectivity index (χ2n) is 3.22. The van der Waals surface area contributed by atoms with Gasteiger partial charge in [0.15, 0.2) is 0 Å². The van der Waals surface area contributed by atoms with Crippen LogP contribution in [0.2, 0.25) is 0 Å². The Bertz CT molecular complexity index is 553. The summed E-state index contributed by atoms with van der Waals surface area (Å²) < 4.78 is 31.8. The standard InChI is InChI=1S/C9H12N2O5S/c1-5-3-6(10)8(15-2)4-7(5)16-17(13,14)9(11)12/h3-4H,10H2,1-2H3,(H2,11,12). The minimum atomic E-state index is -4.47. The number of carbonyl (C=O) groups excluding carboxylic acids is 1. The van der Waals surface area contributed by atoms with Crippen molar-refractivity contribution in [1.29, 1.82) is 0 Å². The number of nitrogens with two attached hydrogens (primary N) is 2. The second kappa shape index (κ2) is 4.50. The van der Waals surface area contributed by atoms with E-state index in [0.717, 1.165) is 0 Å². The number of hydrogen-bond donors (Lipinski definition) is 2. The van der Waals surface area contributed by atoms with Crippen LogP contribution in [-0.4, -0.2) is 20.8 Å². The van der Waals surface area contributed by atoms with Crippen molar-refractivity contribution in [2.75, 3.05) is 12.8 Å². The van der Waals surface area contributed by atoms with Gasteiger partial charge in [0, 0.05) is 6.07 Å². The van der Waals surface area contributed by atoms with E-state index in [0.29, 0.717) is 11.3 Å². The first kappa shape index (κ1) is 13.1. The van der Waals surface area contributed by atoms with Crippen molar-refractivity contribution in [1.82, 2.24) is 0 Å². The number of amides is 1. The number of rotatable bonds is 3. The zero-order chi connectivity index (χ0) is 13.2. The number of ether oxygens (including phenoxy) is 1. The number of nitrogen functional groups attached to an aromatic ring is 1. The molecule has 94 valence electrons. The van der Waals surface area contributed by atoms with Gasteiger partial charge in [-0.15, -0.1) is 0 Å². The van der Waals surface area contributed by atoms with E-state index in [1.807, 2.05) is 0 Å². The van der Waals surface area contributed by atoms with Crippen LogP contribution < -0.4 is 20.4 Å². The lowest BCUT2D eigenvalue weighted by atomic mass is 10.2. The smallest absolute Gasteiger partial charge is 0.394 e. The van der Waals surface area contributed by atoms with E-state index in [2.05, 4.69) is 9.92 Å². The van der Waals surface area contributed by atoms with Crippen molar-refractivity contribution in [2.45, 2.75) is 6.92 Å². The van der Waals surface area contributed by atoms with Crippen LogP contribution >= 0.6 is 0 Å². The van der Waals surface area contributed by atoms with Crippen molar-refractivity contribution < 1.29 is 22.1 Å². The summed E-state index contributed by atoms with van der Waals surface area (Å²) >= 11 is 0. The van der Waals surface area contributed by atoms with E-state index in [1.165, 1.54) is 19.2 Å². The van der Waals surface area contributed by atoms with Crippen molar-refractivity contribution in [3.8, 4) is 11.5 Å². The van der Waals surface area contributed by atoms with Crippen LogP contribution in [-0.2, 0) is 10.1 Å². The predicted molar refractivity (Wildman–Crippen MR) is 61.3 cm³/mol. The molecule has 1 aromatic carbocycles. The van der Waals surface area contributed by atoms with Crippen LogP contribution in [0.25, 0.3) is 0 Å². The average Bonchev–Trinajstić information content (AvgIpc) is 2.21. The Morgan fingerprint density at radius 1 is 1.29 bits per heavy atom. The highest BCUT2D eigenvalue weighted by molar-refractivity contribution is 8.02. The molecule has 0 bridgehead atoms. The quantitative estimate of drug-likeness (QED) is 0.598. The molecule has 0 saturated carbocycles. The molecule has 7 nitrogen and oxygen atoms in total. The molecule has 0 aliphatic carbocycles. The normalized spacial score (nSPS) is 10.9. The molecule has 0 aliphatic rings. The summed E-state index contributed by atoms with van der Waals surface area (Å²) in [7, 11) is -3.10. The largest absolute Gasteiger partial charge is 0.494 e. The fraction of sp³-hybridized carbons (Fsp3) is 0.222. The van der Waals surface area contributed by atoms with Gasteiger partial charge in [0.25, 0.3) is 0 Å². The number of anilines is 1. The average molecular weight is 260 g/mol. The van der Waals surface area contributed by atoms with Crippen LogP contribution in [0.1, 0.15) is 5.56 Å². The Morgan fingerprint density at radius 2 is 1.88 bits per heavy atom. The molecule has 0 fully saturated rings. The third-order valence-corrected chi connectivity index (χ3v) is 2.86. The monoisotopic (exact) mass is 260 g/mol. The van der Waals surface area contributed by atoms with Crippen molar-refractivity contribution >= 4 is 21.0 Å². The lowest BCUT2D eigenvalue weighted by Crippen LogP contribution is -2.26. The summed E-state index contributed by atoms with van der Waals surface area (Å²) in [6, 6.07) is 2.73. The lowest BCUT2D eigenvalue weighted by molar-refractivity contribution is 0.263. The van der Waals surface area contributed by atoms with Gasteiger partial charge in [0.1, 0.15) is 11.5 Å². The van der Waals surface area contributed by atoms with Crippen LogP contribution in [0.3, 0.4) is 0 Å². The molecule has 0 spiro atoms. The molecular formula is C9H12N2O5S. The van der Waals surface area contributed by atoms with E-state index in [4.69, 9.17) is 10.5 Å². The van der Waals surface area contributed by atoms with Gasteiger partial charge >= 0.3 is 15.4 Å². The summed E-state index contributed by atoms with van der Waals surface area (Å²) in [6.07, 6.45) is 0. The Hall–Kier alpha value is -1.96. The number of hydrogen-bond acceptors (Lipinski definition) is 6. The lowest BCUT2D eigenvalue weighted by Gasteiger charge is -2.10. The number of benzene rings is 1. The zero-order valence-corrected chi connectivity index (χ0v) is 10.1. The van der Waals surface area contributed by atoms with Crippen molar-refractivity contribution in [3.63, 3.8) is 0 Å². The summed E-state index contributed by atoms with van der Waals surface area (Å²) in [6.45, 7) is 1.57. The molecular weight excluding hydrogens is 248 g/mol. The first-order chi connectivity index (χ1) is 7.77. The van der Waals surface area contributed by atoms with Gasteiger partial charge in [-0.25, -0.2) is 0 Å². The first-order valence-electron chi connectivity index (χ1n) is 4.46. The van der Waals surface area contributed by atoms with Gasteiger partial charge in [-0.3, -0.25) is 4.79 Å². The molecule has 0 radical (unpaired) electrons. The van der Waals surface area contributed by atoms with Crippen LogP contribution in [0.4, 0.5) is 10.5 Å². The molecule has 0 aliphatic heterocycles. The fourth-order valence-corrected chi connectivity index (χ4v) is 1.62. The molecule has 0 atom stereocenters. The molecule has 4 N–H and O–H groups in total. The summed E-state index contributed by atoms with van der Waals surface area (Å²) in [5, 5.41) is -1.56. The maximum absolute atomic E-state index is 11.2. The van der Waals surface area contributed by atoms with E-state index < -0.39 is 15.4 Å². The van der Waals surface area contributed by atoms with Crippen LogP contribution in [0.5, 0.6) is 11.5 Å². The molecule has 1 amide bonds. The number of aryl methyl sites for hydroxylation is 1. The molecule has 8 heteroatoms. The summed E-state index contributed by atoms with van der Waals surface area (Å²) in [5.74, 6) is 0.181. The maximum atomic E-state index is 11.2. The topological polar surface area (TPSA) is 122 Å². The number of primary amides is 1. The first-order valence-corrected chi connectivity index (χ1v) is 5.87. The van der Waals surface area contributed by atoms with Gasteiger partial charge in [-0.05, 0) is 18.6 Å². The third-order valence-electron chi connectivity index (χ3n) is 1.97. The second-order valence-corrected chi connectivity index (χ2v) is 4.69. The van der Waals surface area contributed by atoms with E-state index >= 15 is 0 Å². The van der Waals surface area contributed by atoms with E-state index in [9.17, 15) is 13.2 Å². The highest BCUT2D eigenvalue weighted by atomic mass is 32.2. The Morgan fingerprint density at radius 3 is 2.35 bits per heavy atom. The minimum Gasteiger partial charge on any atom is -0.494 e. The molecule has 1 aromatic rings. The number of methoxy groups -OCH3 is 1. The molecule has 0 aromatic heterocycles. The molecule has 0 saturated heterocycles. The summed E-state index contributed by atoms with van der Waals surface area (Å²) in [4.78, 5) is 10.6. The van der Waals surface area contributed by atoms with E-state index in [-0.39, 0.29) is 11.5 Å². The van der Waals surface area contributed by atoms with Crippen molar-refractivity contribution in [3.05, 3.63) is 17.7 Å². The van der Waals surface area contributed by atoms with Gasteiger partial charge in [-0.1, -0.05) is 0 Å². The Kier molecular flexibility index (Phi) is 3.47. The predicted octanol–water partition coefficient (Wildman–Crippen LogP) is 0.373. The summed E-state index contributed by atoms with van der Waals surface area (Å²) in [5.41, 5.74) is 11.0. The Balaban J connectivity index is 3.20. The van der Waals surface area contributed by atoms with Crippen LogP contribution in [0.15, 0.2) is 12.1 Å². The van der Waals surface area contributed by atoms with Crippen molar-refractivity contribution in [2.24, 2.45) is 5.73 Å². The third kappa shape index (κ3) is 2.78. The molecule has 0 heterocycles. The maximum Gasteiger partial charge on any atom is 0.394 e. The SMILES string of the molecule is COc1cc(OS(=O)(=O)C(N)=O)c(C)cc1N. The Labute approximate surface area is 98.4 Å². The molecule has 17 heavy (non-hydrogen) atoms. The fourth-order valence-electron chi connectivity index (χ4n) is 1.12. The van der Waals surface area contributed by atoms with E-state index in [1.54, 1.807) is 6.92 Å². The minimum absolute atomic E-state index is 0.0603. The molecule has 1 rings (SSSR count). The van der Waals surface area contributed by atoms with Gasteiger partial charge in [0.2, 0.25) is 0 Å². The van der Waals surface area contributed by atoms with Crippen LogP contribution in [0, 0.1) is 6.92 Å². The zero-order valence-electron chi connectivity index (χ0n) is 9.26.